The Morgan fingerprint density at radius 2 is 2.10 bits per heavy atom. The van der Waals surface area contributed by atoms with Crippen LogP contribution in [0, 0.1) is 6.92 Å². The molecule has 10 heavy (non-hydrogen) atoms. The summed E-state index contributed by atoms with van der Waals surface area (Å²) in [5.74, 6) is 0. The normalized spacial score (nSPS) is 9.90. The van der Waals surface area contributed by atoms with Crippen molar-refractivity contribution in [1.29, 1.82) is 0 Å². The van der Waals surface area contributed by atoms with Gasteiger partial charge in [-0.3, -0.25) is 0 Å². The SMILES string of the molecule is Cc1[nH]c(=O)nc(Br)c1Br. The molecule has 1 rings (SSSR count). The molecule has 0 aliphatic carbocycles. The Bertz CT molecular complexity index is 281. The molecule has 0 fully saturated rings. The van der Waals surface area contributed by atoms with Crippen LogP contribution in [-0.2, 0) is 0 Å². The lowest BCUT2D eigenvalue weighted by Gasteiger charge is -1.96. The van der Waals surface area contributed by atoms with Gasteiger partial charge < -0.3 is 4.98 Å². The van der Waals surface area contributed by atoms with Crippen LogP contribution in [0.5, 0.6) is 0 Å². The van der Waals surface area contributed by atoms with Crippen molar-refractivity contribution < 1.29 is 0 Å². The third kappa shape index (κ3) is 1.46. The van der Waals surface area contributed by atoms with Crippen LogP contribution in [0.2, 0.25) is 0 Å². The number of hydrogen-bond donors (Lipinski definition) is 1. The maximum Gasteiger partial charge on any atom is 0.346 e. The van der Waals surface area contributed by atoms with Gasteiger partial charge in [0.1, 0.15) is 4.60 Å². The van der Waals surface area contributed by atoms with Gasteiger partial charge in [0.15, 0.2) is 0 Å². The fraction of sp³-hybridized carbons (Fsp3) is 0.200. The zero-order chi connectivity index (χ0) is 7.72. The number of halogens is 2. The second kappa shape index (κ2) is 2.84. The molecule has 0 saturated carbocycles. The predicted octanol–water partition coefficient (Wildman–Crippen LogP) is 1.60. The van der Waals surface area contributed by atoms with Crippen molar-refractivity contribution in [3.63, 3.8) is 0 Å². The summed E-state index contributed by atoms with van der Waals surface area (Å²) in [5.41, 5.74) is 0.430. The molecule has 1 aromatic rings. The summed E-state index contributed by atoms with van der Waals surface area (Å²) >= 11 is 6.35. The van der Waals surface area contributed by atoms with E-state index in [1.807, 2.05) is 0 Å². The summed E-state index contributed by atoms with van der Waals surface area (Å²) in [6.07, 6.45) is 0. The van der Waals surface area contributed by atoms with Gasteiger partial charge in [0, 0.05) is 5.69 Å². The topological polar surface area (TPSA) is 45.8 Å². The second-order valence-electron chi connectivity index (χ2n) is 1.77. The van der Waals surface area contributed by atoms with Crippen molar-refractivity contribution in [3.05, 3.63) is 25.3 Å². The molecule has 0 aromatic carbocycles. The Morgan fingerprint density at radius 3 is 2.60 bits per heavy atom. The smallest absolute Gasteiger partial charge is 0.309 e. The number of aromatic amines is 1. The fourth-order valence-electron chi connectivity index (χ4n) is 0.536. The van der Waals surface area contributed by atoms with E-state index < -0.39 is 0 Å². The van der Waals surface area contributed by atoms with E-state index in [9.17, 15) is 4.79 Å². The van der Waals surface area contributed by atoms with Crippen LogP contribution in [0.3, 0.4) is 0 Å². The quantitative estimate of drug-likeness (QED) is 0.726. The molecule has 3 nitrogen and oxygen atoms in total. The van der Waals surface area contributed by atoms with Gasteiger partial charge in [-0.15, -0.1) is 0 Å². The van der Waals surface area contributed by atoms with Gasteiger partial charge in [0.05, 0.1) is 4.47 Å². The van der Waals surface area contributed by atoms with Crippen LogP contribution in [0.15, 0.2) is 13.9 Å². The van der Waals surface area contributed by atoms with Crippen molar-refractivity contribution in [2.45, 2.75) is 6.92 Å². The Morgan fingerprint density at radius 1 is 1.50 bits per heavy atom. The van der Waals surface area contributed by atoms with Crippen LogP contribution in [0.25, 0.3) is 0 Å². The highest BCUT2D eigenvalue weighted by molar-refractivity contribution is 9.13. The van der Waals surface area contributed by atoms with Gasteiger partial charge in [0.2, 0.25) is 0 Å². The summed E-state index contributed by atoms with van der Waals surface area (Å²) in [4.78, 5) is 16.8. The summed E-state index contributed by atoms with van der Waals surface area (Å²) in [6, 6.07) is 0. The Kier molecular flexibility index (Phi) is 2.25. The van der Waals surface area contributed by atoms with Gasteiger partial charge in [0.25, 0.3) is 0 Å². The van der Waals surface area contributed by atoms with Gasteiger partial charge >= 0.3 is 5.69 Å². The number of aromatic nitrogens is 2. The second-order valence-corrected chi connectivity index (χ2v) is 3.32. The van der Waals surface area contributed by atoms with E-state index in [0.717, 1.165) is 10.2 Å². The molecule has 0 unspecified atom stereocenters. The van der Waals surface area contributed by atoms with Crippen molar-refractivity contribution in [2.75, 3.05) is 0 Å². The third-order valence-corrected chi connectivity index (χ3v) is 3.08. The summed E-state index contributed by atoms with van der Waals surface area (Å²) in [7, 11) is 0. The van der Waals surface area contributed by atoms with E-state index in [0.29, 0.717) is 4.60 Å². The lowest BCUT2D eigenvalue weighted by molar-refractivity contribution is 0.992. The Labute approximate surface area is 74.1 Å². The minimum Gasteiger partial charge on any atom is -0.309 e. The number of rotatable bonds is 0. The maximum atomic E-state index is 10.6. The number of aryl methyl sites for hydroxylation is 1. The van der Waals surface area contributed by atoms with Crippen LogP contribution in [0.4, 0.5) is 0 Å². The maximum absolute atomic E-state index is 10.6. The lowest BCUT2D eigenvalue weighted by Crippen LogP contribution is -2.11. The van der Waals surface area contributed by atoms with E-state index in [4.69, 9.17) is 0 Å². The van der Waals surface area contributed by atoms with Crippen molar-refractivity contribution >= 4 is 31.9 Å². The first-order valence-corrected chi connectivity index (χ1v) is 4.12. The van der Waals surface area contributed by atoms with E-state index in [1.165, 1.54) is 0 Å². The average molecular weight is 268 g/mol. The molecule has 0 aliphatic rings. The highest BCUT2D eigenvalue weighted by Crippen LogP contribution is 2.20. The average Bonchev–Trinajstić information content (AvgIpc) is 1.82. The van der Waals surface area contributed by atoms with Gasteiger partial charge in [-0.25, -0.2) is 4.79 Å². The molecule has 1 heterocycles. The fourth-order valence-corrected chi connectivity index (χ4v) is 1.18. The zero-order valence-corrected chi connectivity index (χ0v) is 8.28. The molecule has 54 valence electrons. The van der Waals surface area contributed by atoms with Gasteiger partial charge in [-0.1, -0.05) is 0 Å². The largest absolute Gasteiger partial charge is 0.346 e. The molecule has 0 saturated heterocycles. The summed E-state index contributed by atoms with van der Waals surface area (Å²) < 4.78 is 1.32. The first-order valence-electron chi connectivity index (χ1n) is 2.53. The predicted molar refractivity (Wildman–Crippen MR) is 45.0 cm³/mol. The monoisotopic (exact) mass is 266 g/mol. The van der Waals surface area contributed by atoms with E-state index >= 15 is 0 Å². The van der Waals surface area contributed by atoms with Crippen molar-refractivity contribution in [3.8, 4) is 0 Å². The van der Waals surface area contributed by atoms with E-state index in [2.05, 4.69) is 41.8 Å². The highest BCUT2D eigenvalue weighted by Gasteiger charge is 2.01. The van der Waals surface area contributed by atoms with Crippen LogP contribution >= 0.6 is 31.9 Å². The van der Waals surface area contributed by atoms with E-state index in [-0.39, 0.29) is 5.69 Å². The van der Waals surface area contributed by atoms with Gasteiger partial charge in [-0.2, -0.15) is 4.98 Å². The summed E-state index contributed by atoms with van der Waals surface area (Å²) in [5, 5.41) is 0. The minimum atomic E-state index is -0.340. The number of hydrogen-bond acceptors (Lipinski definition) is 2. The molecule has 0 bridgehead atoms. The molecule has 1 aromatic heterocycles. The number of nitrogens with one attached hydrogen (secondary N) is 1. The molecule has 0 spiro atoms. The number of nitrogens with zero attached hydrogens (tertiary/aromatic N) is 1. The molecule has 1 N–H and O–H groups in total. The van der Waals surface area contributed by atoms with Crippen LogP contribution < -0.4 is 5.69 Å². The molecular weight excluding hydrogens is 264 g/mol. The third-order valence-electron chi connectivity index (χ3n) is 1.00. The first-order chi connectivity index (χ1) is 4.61. The zero-order valence-electron chi connectivity index (χ0n) is 5.11. The van der Waals surface area contributed by atoms with Crippen LogP contribution in [-0.4, -0.2) is 9.97 Å². The molecule has 5 heteroatoms. The minimum absolute atomic E-state index is 0.340. The lowest BCUT2D eigenvalue weighted by atomic mass is 10.5. The molecule has 0 atom stereocenters. The molecule has 0 radical (unpaired) electrons. The number of H-pyrrole nitrogens is 1. The van der Waals surface area contributed by atoms with E-state index in [1.54, 1.807) is 6.92 Å². The first kappa shape index (κ1) is 7.94. The molecule has 0 amide bonds. The highest BCUT2D eigenvalue weighted by atomic mass is 79.9. The van der Waals surface area contributed by atoms with Crippen molar-refractivity contribution in [1.82, 2.24) is 9.97 Å². The standard InChI is InChI=1S/C5H4Br2N2O/c1-2-3(6)4(7)9-5(10)8-2/h1H3,(H,8,9,10). The Hall–Kier alpha value is -0.160. The van der Waals surface area contributed by atoms with Crippen LogP contribution in [0.1, 0.15) is 5.69 Å². The van der Waals surface area contributed by atoms with Crippen molar-refractivity contribution in [2.24, 2.45) is 0 Å². The summed E-state index contributed by atoms with van der Waals surface area (Å²) in [6.45, 7) is 1.79. The Balaban J connectivity index is 3.46. The van der Waals surface area contributed by atoms with Gasteiger partial charge in [-0.05, 0) is 38.8 Å². The molecule has 0 aliphatic heterocycles. The molecular formula is C5H4Br2N2O.